The summed E-state index contributed by atoms with van der Waals surface area (Å²) in [7, 11) is 5.37. The van der Waals surface area contributed by atoms with Gasteiger partial charge in [-0.1, -0.05) is 49.1 Å². The largest absolute Gasteiger partial charge is 0.368 e. The Kier molecular flexibility index (Phi) is 17.1. The second kappa shape index (κ2) is 25.4. The second-order valence-electron chi connectivity index (χ2n) is 24.9. The summed E-state index contributed by atoms with van der Waals surface area (Å²) >= 11 is 0. The zero-order chi connectivity index (χ0) is 59.6. The van der Waals surface area contributed by atoms with Gasteiger partial charge >= 0.3 is 0 Å². The summed E-state index contributed by atoms with van der Waals surface area (Å²) in [5, 5.41) is 20.1. The fraction of sp³-hybridized carbons (Fsp3) is 0.545. The van der Waals surface area contributed by atoms with Crippen molar-refractivity contribution in [2.75, 3.05) is 123 Å². The number of rotatable bonds is 14. The maximum absolute atomic E-state index is 14.7. The molecular formula is C66H82N16O4. The van der Waals surface area contributed by atoms with Gasteiger partial charge in [0.2, 0.25) is 35.5 Å². The Morgan fingerprint density at radius 1 is 0.581 bits per heavy atom. The molecule has 20 heteroatoms. The molecule has 12 rings (SSSR count). The van der Waals surface area contributed by atoms with Gasteiger partial charge in [0.25, 0.3) is 0 Å². The second-order valence-corrected chi connectivity index (χ2v) is 24.9. The van der Waals surface area contributed by atoms with Crippen LogP contribution in [0.4, 0.5) is 34.9 Å². The predicted octanol–water partition coefficient (Wildman–Crippen LogP) is 5.68. The third-order valence-corrected chi connectivity index (χ3v) is 19.6. The van der Waals surface area contributed by atoms with Gasteiger partial charge in [0, 0.05) is 147 Å². The molecule has 8 aliphatic rings. The molecule has 0 saturated carbocycles. The number of piperazine rings is 2. The SMILES string of the molecule is C=CC(=O)N1CCN(c2nc(N3CCC[C@H]3C(=O)N(C)C/C=C\C(=O)N3CCN(c4nc(N5CCC[C@@H]5C(=O)N(C)C)nc5c4CC[C@H](N4CCCc6ccccc64)C5)C[C@@H]3CC#N)nc3c2CC[C@H](N2CCCc4ccccc42)C3)C[C@@H]1CC#N. The van der Waals surface area contributed by atoms with Gasteiger partial charge in [-0.3, -0.25) is 19.2 Å². The number of carbonyl (C=O) groups excluding carboxylic acids is 4. The third kappa shape index (κ3) is 11.5. The highest BCUT2D eigenvalue weighted by Gasteiger charge is 2.42. The van der Waals surface area contributed by atoms with Crippen molar-refractivity contribution < 1.29 is 19.2 Å². The van der Waals surface area contributed by atoms with Crippen LogP contribution in [0.15, 0.2) is 73.3 Å². The van der Waals surface area contributed by atoms with E-state index in [1.165, 1.54) is 28.6 Å². The lowest BCUT2D eigenvalue weighted by Crippen LogP contribution is -2.55. The molecule has 4 saturated heterocycles. The number of nitriles is 2. The van der Waals surface area contributed by atoms with Crippen molar-refractivity contribution in [2.45, 2.75) is 139 Å². The standard InChI is InChI=1S/C66H82N16O4/c1-5-59(83)79-39-37-75(43-49(79)28-30-67)62-52-27-25-48(78-34-11-18-46-16-7-9-20-56(46)78)42-54(52)70-66(72-62)82-36-13-22-58(82)64(86)74(4)32-14-23-60(84)80-40-38-76(44-50(80)29-31-68)61-51-26-24-47(77-33-10-17-45-15-6-8-19-55(45)77)41-53(51)69-65(71-61)81-35-12-21-57(81)63(85)73(2)3/h5-9,14-16,19-20,23,47-50,57-58H,1,10-13,17-18,21-22,24-29,32-44H2,2-4H3/b23-14-/t47-,48-,49-,50-,57+,58-/m0/s1. The van der Waals surface area contributed by atoms with Crippen molar-refractivity contribution >= 4 is 58.5 Å². The summed E-state index contributed by atoms with van der Waals surface area (Å²) in [5.74, 6) is 2.31. The van der Waals surface area contributed by atoms with Gasteiger partial charge in [-0.15, -0.1) is 0 Å². The van der Waals surface area contributed by atoms with E-state index >= 15 is 0 Å². The number of fused-ring (bicyclic) bond motifs is 4. The highest BCUT2D eigenvalue weighted by atomic mass is 16.2. The summed E-state index contributed by atoms with van der Waals surface area (Å²) in [6.45, 7) is 9.92. The van der Waals surface area contributed by atoms with E-state index in [0.29, 0.717) is 70.7 Å². The number of hydrogen-bond acceptors (Lipinski definition) is 16. The number of amides is 4. The molecule has 86 heavy (non-hydrogen) atoms. The van der Waals surface area contributed by atoms with Crippen LogP contribution < -0.4 is 29.4 Å². The lowest BCUT2D eigenvalue weighted by Gasteiger charge is -2.43. The number of aromatic nitrogens is 4. The topological polar surface area (TPSA) is 200 Å². The van der Waals surface area contributed by atoms with Crippen LogP contribution >= 0.6 is 0 Å². The fourth-order valence-corrected chi connectivity index (χ4v) is 15.3. The normalized spacial score (nSPS) is 23.7. The van der Waals surface area contributed by atoms with Crippen LogP contribution in [0.1, 0.15) is 97.8 Å². The Hall–Kier alpha value is -8.26. The maximum atomic E-state index is 14.7. The number of nitrogens with zero attached hydrogens (tertiary/aromatic N) is 16. The van der Waals surface area contributed by atoms with Gasteiger partial charge in [-0.2, -0.15) is 20.5 Å². The van der Waals surface area contributed by atoms with E-state index in [9.17, 15) is 29.7 Å². The number of likely N-dealkylation sites (N-methyl/N-ethyl adjacent to an activating group) is 2. The summed E-state index contributed by atoms with van der Waals surface area (Å²) in [5.41, 5.74) is 9.58. The molecule has 450 valence electrons. The molecule has 20 nitrogen and oxygen atoms in total. The minimum Gasteiger partial charge on any atom is -0.368 e. The number of benzene rings is 2. The minimum absolute atomic E-state index is 0.0418. The van der Waals surface area contributed by atoms with E-state index in [4.69, 9.17) is 19.9 Å². The number of hydrogen-bond donors (Lipinski definition) is 0. The van der Waals surface area contributed by atoms with Crippen LogP contribution in [-0.2, 0) is 57.7 Å². The first-order valence-electron chi connectivity index (χ1n) is 31.5. The van der Waals surface area contributed by atoms with E-state index in [-0.39, 0.29) is 67.2 Å². The molecule has 0 spiro atoms. The first-order valence-corrected chi connectivity index (χ1v) is 31.5. The van der Waals surface area contributed by atoms with E-state index < -0.39 is 12.1 Å². The maximum Gasteiger partial charge on any atom is 0.246 e. The minimum atomic E-state index is -0.518. The third-order valence-electron chi connectivity index (χ3n) is 19.6. The molecule has 6 aliphatic heterocycles. The van der Waals surface area contributed by atoms with Crippen LogP contribution in [-0.4, -0.2) is 193 Å². The number of carbonyl (C=O) groups is 4. The Morgan fingerprint density at radius 3 is 1.55 bits per heavy atom. The molecule has 2 aromatic carbocycles. The van der Waals surface area contributed by atoms with E-state index in [1.54, 1.807) is 52.9 Å². The average Bonchev–Trinajstić information content (AvgIpc) is 3.41. The average molecular weight is 1160 g/mol. The Morgan fingerprint density at radius 2 is 1.06 bits per heavy atom. The molecule has 2 aromatic heterocycles. The van der Waals surface area contributed by atoms with Gasteiger partial charge in [-0.05, 0) is 106 Å². The van der Waals surface area contributed by atoms with Crippen LogP contribution in [0, 0.1) is 22.7 Å². The van der Waals surface area contributed by atoms with Crippen LogP contribution in [0.2, 0.25) is 0 Å². The smallest absolute Gasteiger partial charge is 0.246 e. The molecule has 4 aromatic rings. The van der Waals surface area contributed by atoms with Gasteiger partial charge < -0.3 is 49.0 Å². The van der Waals surface area contributed by atoms with Gasteiger partial charge in [-0.25, -0.2) is 9.97 Å². The lowest BCUT2D eigenvalue weighted by molar-refractivity contribution is -0.131. The molecule has 4 fully saturated rings. The van der Waals surface area contributed by atoms with Crippen molar-refractivity contribution in [1.82, 2.24) is 39.5 Å². The van der Waals surface area contributed by atoms with Gasteiger partial charge in [0.15, 0.2) is 0 Å². The number of para-hydroxylation sites is 2. The summed E-state index contributed by atoms with van der Waals surface area (Å²) < 4.78 is 0. The Balaban J connectivity index is 0.751. The molecule has 2 aliphatic carbocycles. The lowest BCUT2D eigenvalue weighted by atomic mass is 9.88. The molecular weight excluding hydrogens is 1080 g/mol. The Labute approximate surface area is 506 Å². The molecule has 6 atom stereocenters. The van der Waals surface area contributed by atoms with Crippen molar-refractivity contribution in [3.8, 4) is 12.1 Å². The highest BCUT2D eigenvalue weighted by molar-refractivity contribution is 5.89. The van der Waals surface area contributed by atoms with Crippen LogP contribution in [0.3, 0.4) is 0 Å². The first-order chi connectivity index (χ1) is 41.9. The van der Waals surface area contributed by atoms with Crippen molar-refractivity contribution in [2.24, 2.45) is 0 Å². The van der Waals surface area contributed by atoms with E-state index in [1.807, 2.05) is 0 Å². The van der Waals surface area contributed by atoms with Crippen molar-refractivity contribution in [3.63, 3.8) is 0 Å². The number of anilines is 6. The quantitative estimate of drug-likeness (QED) is 0.140. The van der Waals surface area contributed by atoms with Crippen LogP contribution in [0.5, 0.6) is 0 Å². The molecule has 0 unspecified atom stereocenters. The summed E-state index contributed by atoms with van der Waals surface area (Å²) in [6, 6.07) is 21.1. The molecule has 0 N–H and O–H groups in total. The first kappa shape index (κ1) is 58.1. The Bertz CT molecular complexity index is 3350. The molecule has 4 amide bonds. The summed E-state index contributed by atoms with van der Waals surface area (Å²) in [6.07, 6.45) is 17.3. The van der Waals surface area contributed by atoms with E-state index in [0.717, 1.165) is 131 Å². The van der Waals surface area contributed by atoms with Gasteiger partial charge in [0.1, 0.15) is 23.7 Å². The zero-order valence-electron chi connectivity index (χ0n) is 50.4. The van der Waals surface area contributed by atoms with Crippen molar-refractivity contribution in [1.29, 1.82) is 10.5 Å². The molecule has 0 radical (unpaired) electrons. The molecule has 8 heterocycles. The van der Waals surface area contributed by atoms with Gasteiger partial charge in [0.05, 0.1) is 48.5 Å². The van der Waals surface area contributed by atoms with Crippen LogP contribution in [0.25, 0.3) is 0 Å². The monoisotopic (exact) mass is 1160 g/mol. The predicted molar refractivity (Wildman–Crippen MR) is 332 cm³/mol. The fourth-order valence-electron chi connectivity index (χ4n) is 15.3. The zero-order valence-corrected chi connectivity index (χ0v) is 50.4. The summed E-state index contributed by atoms with van der Waals surface area (Å²) in [4.78, 5) is 97.6. The number of aryl methyl sites for hydroxylation is 2. The highest BCUT2D eigenvalue weighted by Crippen LogP contribution is 2.41. The molecule has 0 bridgehead atoms. The van der Waals surface area contributed by atoms with E-state index in [2.05, 4.69) is 96.6 Å². The van der Waals surface area contributed by atoms with Crippen molar-refractivity contribution in [3.05, 3.63) is 107 Å².